The molecule has 1 atom stereocenters. The number of rotatable bonds is 5. The zero-order valence-corrected chi connectivity index (χ0v) is 15.0. The fourth-order valence-electron chi connectivity index (χ4n) is 2.69. The Kier molecular flexibility index (Phi) is 5.10. The van der Waals surface area contributed by atoms with Crippen molar-refractivity contribution in [1.82, 2.24) is 9.88 Å². The van der Waals surface area contributed by atoms with Crippen LogP contribution in [0.2, 0.25) is 0 Å². The van der Waals surface area contributed by atoms with Crippen molar-refractivity contribution in [3.05, 3.63) is 59.4 Å². The molecule has 27 heavy (non-hydrogen) atoms. The van der Waals surface area contributed by atoms with E-state index in [0.29, 0.717) is 0 Å². The quantitative estimate of drug-likeness (QED) is 0.755. The van der Waals surface area contributed by atoms with Crippen molar-refractivity contribution < 1.29 is 32.0 Å². The molecule has 1 aromatic carbocycles. The van der Waals surface area contributed by atoms with Gasteiger partial charge >= 0.3 is 16.1 Å². The van der Waals surface area contributed by atoms with Gasteiger partial charge in [-0.05, 0) is 5.56 Å². The van der Waals surface area contributed by atoms with Crippen molar-refractivity contribution in [3.8, 4) is 5.75 Å². The molecule has 0 bridgehead atoms. The van der Waals surface area contributed by atoms with Gasteiger partial charge in [0.25, 0.3) is 5.91 Å². The summed E-state index contributed by atoms with van der Waals surface area (Å²) in [6, 6.07) is 10.9. The van der Waals surface area contributed by atoms with E-state index in [4.69, 9.17) is 8.92 Å². The zero-order chi connectivity index (χ0) is 19.6. The molecule has 1 aliphatic rings. The Morgan fingerprint density at radius 2 is 1.89 bits per heavy atom. The van der Waals surface area contributed by atoms with Gasteiger partial charge in [-0.1, -0.05) is 30.3 Å². The Labute approximate surface area is 155 Å². The number of pyridine rings is 1. The van der Waals surface area contributed by atoms with E-state index >= 15 is 0 Å². The molecule has 1 aliphatic heterocycles. The average Bonchev–Trinajstić information content (AvgIpc) is 3.09. The smallest absolute Gasteiger partial charge is 0.354 e. The summed E-state index contributed by atoms with van der Waals surface area (Å²) in [7, 11) is -3.91. The molecule has 0 saturated carbocycles. The number of carboxylic acid groups (broad SMARTS) is 1. The third-order valence-electron chi connectivity index (χ3n) is 3.81. The van der Waals surface area contributed by atoms with Gasteiger partial charge in [0.2, 0.25) is 0 Å². The van der Waals surface area contributed by atoms with Crippen LogP contribution in [0.15, 0.2) is 42.5 Å². The van der Waals surface area contributed by atoms with Crippen LogP contribution in [0.4, 0.5) is 0 Å². The van der Waals surface area contributed by atoms with Crippen LogP contribution in [-0.4, -0.2) is 54.9 Å². The minimum atomic E-state index is -3.91. The van der Waals surface area contributed by atoms with Crippen molar-refractivity contribution in [2.24, 2.45) is 0 Å². The highest BCUT2D eigenvalue weighted by molar-refractivity contribution is 7.86. The Hall–Kier alpha value is -2.98. The molecule has 1 saturated heterocycles. The van der Waals surface area contributed by atoms with Gasteiger partial charge < -0.3 is 18.9 Å². The van der Waals surface area contributed by atoms with E-state index in [-0.39, 0.29) is 30.8 Å². The van der Waals surface area contributed by atoms with Crippen molar-refractivity contribution in [2.45, 2.75) is 6.04 Å². The first-order valence-electron chi connectivity index (χ1n) is 7.83. The third kappa shape index (κ3) is 4.41. The Morgan fingerprint density at radius 3 is 2.52 bits per heavy atom. The number of ether oxygens (including phenoxy) is 1. The maximum Gasteiger partial charge on any atom is 0.354 e. The second-order valence-corrected chi connectivity index (χ2v) is 7.44. The number of carbonyl (C=O) groups excluding carboxylic acids is 1. The minimum absolute atomic E-state index is 0.000357. The first-order valence-corrected chi connectivity index (χ1v) is 9.65. The summed E-state index contributed by atoms with van der Waals surface area (Å²) in [4.78, 5) is 29.4. The Bertz CT molecular complexity index is 976. The number of hydrogen-bond donors (Lipinski definition) is 1. The number of aromatic carboxylic acids is 1. The third-order valence-corrected chi connectivity index (χ3v) is 4.31. The first kappa shape index (κ1) is 18.8. The summed E-state index contributed by atoms with van der Waals surface area (Å²) >= 11 is 0. The SMILES string of the molecule is CS(=O)(=O)Oc1cc(C(=O)O)nc(C(=O)N2COC[C@@H]2c2ccccc2)c1. The largest absolute Gasteiger partial charge is 0.477 e. The lowest BCUT2D eigenvalue weighted by Gasteiger charge is -2.22. The van der Waals surface area contributed by atoms with Gasteiger partial charge in [0.05, 0.1) is 18.9 Å². The fraction of sp³-hybridized carbons (Fsp3) is 0.235. The second kappa shape index (κ2) is 7.33. The molecule has 2 aromatic rings. The highest BCUT2D eigenvalue weighted by Gasteiger charge is 2.33. The lowest BCUT2D eigenvalue weighted by Crippen LogP contribution is -2.32. The lowest BCUT2D eigenvalue weighted by atomic mass is 10.1. The predicted octanol–water partition coefficient (Wildman–Crippen LogP) is 1.29. The van der Waals surface area contributed by atoms with Crippen molar-refractivity contribution in [2.75, 3.05) is 19.6 Å². The molecule has 0 spiro atoms. The summed E-state index contributed by atoms with van der Waals surface area (Å²) in [5.41, 5.74) is 0.0983. The molecular formula is C17H16N2O7S. The van der Waals surface area contributed by atoms with Crippen molar-refractivity contribution in [1.29, 1.82) is 0 Å². The maximum absolute atomic E-state index is 12.9. The molecular weight excluding hydrogens is 376 g/mol. The molecule has 1 aromatic heterocycles. The van der Waals surface area contributed by atoms with Gasteiger partial charge in [0, 0.05) is 12.1 Å². The van der Waals surface area contributed by atoms with E-state index in [1.54, 1.807) is 0 Å². The summed E-state index contributed by atoms with van der Waals surface area (Å²) in [6.07, 6.45) is 0.815. The van der Waals surface area contributed by atoms with Crippen molar-refractivity contribution in [3.63, 3.8) is 0 Å². The monoisotopic (exact) mass is 392 g/mol. The first-order chi connectivity index (χ1) is 12.7. The number of amides is 1. The molecule has 0 radical (unpaired) electrons. The van der Waals surface area contributed by atoms with Crippen molar-refractivity contribution >= 4 is 22.0 Å². The van der Waals surface area contributed by atoms with E-state index in [1.165, 1.54) is 4.90 Å². The van der Waals surface area contributed by atoms with Gasteiger partial charge in [-0.3, -0.25) is 4.79 Å². The van der Waals surface area contributed by atoms with Gasteiger partial charge in [-0.15, -0.1) is 0 Å². The molecule has 0 aliphatic carbocycles. The highest BCUT2D eigenvalue weighted by atomic mass is 32.2. The molecule has 2 heterocycles. The van der Waals surface area contributed by atoms with E-state index in [9.17, 15) is 23.1 Å². The summed E-state index contributed by atoms with van der Waals surface area (Å²) < 4.78 is 32.8. The van der Waals surface area contributed by atoms with E-state index in [2.05, 4.69) is 4.98 Å². The standard InChI is InChI=1S/C17H16N2O7S/c1-27(23,24)26-12-7-13(18-14(8-12)17(21)22)16(20)19-10-25-9-15(19)11-5-3-2-4-6-11/h2-8,15H,9-10H2,1H3,(H,21,22)/t15-/m1/s1. The Morgan fingerprint density at radius 1 is 1.22 bits per heavy atom. The minimum Gasteiger partial charge on any atom is -0.477 e. The number of benzene rings is 1. The normalized spacial score (nSPS) is 16.9. The van der Waals surface area contributed by atoms with Crippen LogP contribution >= 0.6 is 0 Å². The number of nitrogens with zero attached hydrogens (tertiary/aromatic N) is 2. The van der Waals surface area contributed by atoms with Gasteiger partial charge in [0.1, 0.15) is 18.2 Å². The molecule has 3 rings (SSSR count). The second-order valence-electron chi connectivity index (χ2n) is 5.87. The van der Waals surface area contributed by atoms with E-state index < -0.39 is 27.7 Å². The number of carboxylic acids is 1. The van der Waals surface area contributed by atoms with Crippen LogP contribution < -0.4 is 4.18 Å². The van der Waals surface area contributed by atoms with Crippen LogP contribution in [0.3, 0.4) is 0 Å². The number of carbonyl (C=O) groups is 2. The summed E-state index contributed by atoms with van der Waals surface area (Å²) in [6.45, 7) is 0.278. The van der Waals surface area contributed by atoms with E-state index in [0.717, 1.165) is 24.0 Å². The van der Waals surface area contributed by atoms with Crippen LogP contribution in [0, 0.1) is 0 Å². The van der Waals surface area contributed by atoms with Gasteiger partial charge in [-0.25, -0.2) is 9.78 Å². The Balaban J connectivity index is 1.96. The molecule has 9 nitrogen and oxygen atoms in total. The van der Waals surface area contributed by atoms with E-state index in [1.807, 2.05) is 30.3 Å². The number of aromatic nitrogens is 1. The maximum atomic E-state index is 12.9. The molecule has 142 valence electrons. The molecule has 1 amide bonds. The van der Waals surface area contributed by atoms with Crippen LogP contribution in [0.25, 0.3) is 0 Å². The fourth-order valence-corrected chi connectivity index (χ4v) is 3.13. The van der Waals surface area contributed by atoms with Crippen LogP contribution in [-0.2, 0) is 14.9 Å². The van der Waals surface area contributed by atoms with Crippen LogP contribution in [0.5, 0.6) is 5.75 Å². The predicted molar refractivity (Wildman–Crippen MR) is 92.8 cm³/mol. The lowest BCUT2D eigenvalue weighted by molar-refractivity contribution is 0.0651. The molecule has 1 N–H and O–H groups in total. The van der Waals surface area contributed by atoms with Crippen LogP contribution in [0.1, 0.15) is 32.6 Å². The zero-order valence-electron chi connectivity index (χ0n) is 14.2. The van der Waals surface area contributed by atoms with Gasteiger partial charge in [0.15, 0.2) is 5.69 Å². The average molecular weight is 392 g/mol. The summed E-state index contributed by atoms with van der Waals surface area (Å²) in [5.74, 6) is -2.31. The highest BCUT2D eigenvalue weighted by Crippen LogP contribution is 2.28. The topological polar surface area (TPSA) is 123 Å². The molecule has 10 heteroatoms. The molecule has 0 unspecified atom stereocenters. The summed E-state index contributed by atoms with van der Waals surface area (Å²) in [5, 5.41) is 9.19. The molecule has 1 fully saturated rings. The van der Waals surface area contributed by atoms with Gasteiger partial charge in [-0.2, -0.15) is 8.42 Å². The number of hydrogen-bond acceptors (Lipinski definition) is 7.